The Hall–Kier alpha value is -2.86. The Morgan fingerprint density at radius 2 is 1.80 bits per heavy atom. The zero-order chi connectivity index (χ0) is 18.2. The van der Waals surface area contributed by atoms with E-state index < -0.39 is 18.0 Å². The molecule has 2 aromatic rings. The van der Waals surface area contributed by atoms with Crippen LogP contribution in [0.25, 0.3) is 0 Å². The number of hydrogen-bond acceptors (Lipinski definition) is 6. The standard InChI is InChI=1S/C19H21NO5/c1-3-24-19(23)18(14-8-10-16(22)11-9-14)20-12-15-6-4-5-7-17(15)25-13(2)21/h4-11,18,20,22H,3,12H2,1-2H3/t18-/m1/s1. The first-order valence-electron chi connectivity index (χ1n) is 7.96. The van der Waals surface area contributed by atoms with Gasteiger partial charge in [-0.3, -0.25) is 10.1 Å². The summed E-state index contributed by atoms with van der Waals surface area (Å²) in [7, 11) is 0. The smallest absolute Gasteiger partial charge is 0.327 e. The molecule has 0 aromatic heterocycles. The number of phenols is 1. The second-order valence-electron chi connectivity index (χ2n) is 5.36. The summed E-state index contributed by atoms with van der Waals surface area (Å²) in [6.07, 6.45) is 0. The summed E-state index contributed by atoms with van der Waals surface area (Å²) in [5.41, 5.74) is 1.41. The minimum Gasteiger partial charge on any atom is -0.508 e. The van der Waals surface area contributed by atoms with Crippen LogP contribution in [0.1, 0.15) is 31.0 Å². The van der Waals surface area contributed by atoms with Crippen molar-refractivity contribution in [3.63, 3.8) is 0 Å². The van der Waals surface area contributed by atoms with E-state index in [2.05, 4.69) is 5.32 Å². The molecule has 0 aliphatic carbocycles. The van der Waals surface area contributed by atoms with Crippen molar-refractivity contribution < 1.29 is 24.2 Å². The van der Waals surface area contributed by atoms with Crippen molar-refractivity contribution in [2.75, 3.05) is 6.61 Å². The van der Waals surface area contributed by atoms with E-state index in [0.717, 1.165) is 5.56 Å². The second kappa shape index (κ2) is 8.84. The third-order valence-electron chi connectivity index (χ3n) is 3.47. The van der Waals surface area contributed by atoms with Gasteiger partial charge in [0.2, 0.25) is 0 Å². The summed E-state index contributed by atoms with van der Waals surface area (Å²) in [5.74, 6) is -0.270. The van der Waals surface area contributed by atoms with Gasteiger partial charge in [-0.25, -0.2) is 4.79 Å². The Balaban J connectivity index is 2.19. The first-order valence-corrected chi connectivity index (χ1v) is 7.96. The summed E-state index contributed by atoms with van der Waals surface area (Å²) >= 11 is 0. The summed E-state index contributed by atoms with van der Waals surface area (Å²) in [5, 5.41) is 12.5. The fourth-order valence-electron chi connectivity index (χ4n) is 2.35. The Labute approximate surface area is 146 Å². The fraction of sp³-hybridized carbons (Fsp3) is 0.263. The van der Waals surface area contributed by atoms with Crippen LogP contribution in [0.4, 0.5) is 0 Å². The highest BCUT2D eigenvalue weighted by Gasteiger charge is 2.22. The molecule has 0 heterocycles. The minimum atomic E-state index is -0.703. The van der Waals surface area contributed by atoms with Gasteiger partial charge < -0.3 is 14.6 Å². The van der Waals surface area contributed by atoms with Gasteiger partial charge in [0.1, 0.15) is 17.5 Å². The number of para-hydroxylation sites is 1. The van der Waals surface area contributed by atoms with E-state index in [1.807, 2.05) is 12.1 Å². The van der Waals surface area contributed by atoms with Gasteiger partial charge in [-0.05, 0) is 30.7 Å². The largest absolute Gasteiger partial charge is 0.508 e. The van der Waals surface area contributed by atoms with E-state index in [-0.39, 0.29) is 12.4 Å². The van der Waals surface area contributed by atoms with Gasteiger partial charge in [-0.2, -0.15) is 0 Å². The molecule has 6 nitrogen and oxygen atoms in total. The van der Waals surface area contributed by atoms with Crippen LogP contribution in [-0.4, -0.2) is 23.7 Å². The van der Waals surface area contributed by atoms with Crippen molar-refractivity contribution in [2.24, 2.45) is 0 Å². The van der Waals surface area contributed by atoms with Crippen molar-refractivity contribution in [1.82, 2.24) is 5.32 Å². The van der Waals surface area contributed by atoms with E-state index in [1.165, 1.54) is 19.1 Å². The lowest BCUT2D eigenvalue weighted by molar-refractivity contribution is -0.146. The average Bonchev–Trinajstić information content (AvgIpc) is 2.58. The SMILES string of the molecule is CCOC(=O)[C@H](NCc1ccccc1OC(C)=O)c1ccc(O)cc1. The summed E-state index contributed by atoms with van der Waals surface area (Å²) in [4.78, 5) is 23.5. The molecule has 0 aliphatic rings. The van der Waals surface area contributed by atoms with Gasteiger partial charge in [0.05, 0.1) is 6.61 Å². The molecule has 2 N–H and O–H groups in total. The molecule has 132 valence electrons. The molecule has 0 unspecified atom stereocenters. The fourth-order valence-corrected chi connectivity index (χ4v) is 2.35. The number of aromatic hydroxyl groups is 1. The zero-order valence-corrected chi connectivity index (χ0v) is 14.2. The molecule has 0 bridgehead atoms. The molecule has 2 rings (SSSR count). The molecule has 25 heavy (non-hydrogen) atoms. The molecule has 0 saturated heterocycles. The second-order valence-corrected chi connectivity index (χ2v) is 5.36. The molecule has 2 aromatic carbocycles. The number of nitrogens with one attached hydrogen (secondary N) is 1. The molecule has 0 amide bonds. The first kappa shape index (κ1) is 18.5. The number of carbonyl (C=O) groups excluding carboxylic acids is 2. The molecular weight excluding hydrogens is 322 g/mol. The molecule has 0 saturated carbocycles. The summed E-state index contributed by atoms with van der Waals surface area (Å²) in [6, 6.07) is 12.7. The molecular formula is C19H21NO5. The predicted molar refractivity (Wildman–Crippen MR) is 92.1 cm³/mol. The number of esters is 2. The third-order valence-corrected chi connectivity index (χ3v) is 3.47. The van der Waals surface area contributed by atoms with Gasteiger partial charge in [0.15, 0.2) is 0 Å². The Bertz CT molecular complexity index is 727. The van der Waals surface area contributed by atoms with Crippen LogP contribution in [0, 0.1) is 0 Å². The third kappa shape index (κ3) is 5.32. The van der Waals surface area contributed by atoms with Crippen LogP contribution in [0.5, 0.6) is 11.5 Å². The van der Waals surface area contributed by atoms with Crippen LogP contribution in [0.2, 0.25) is 0 Å². The molecule has 1 atom stereocenters. The average molecular weight is 343 g/mol. The highest BCUT2D eigenvalue weighted by atomic mass is 16.5. The van der Waals surface area contributed by atoms with Gasteiger partial charge in [-0.15, -0.1) is 0 Å². The van der Waals surface area contributed by atoms with Crippen molar-refractivity contribution in [2.45, 2.75) is 26.4 Å². The van der Waals surface area contributed by atoms with Gasteiger partial charge in [-0.1, -0.05) is 30.3 Å². The molecule has 0 fully saturated rings. The van der Waals surface area contributed by atoms with Crippen molar-refractivity contribution in [3.05, 3.63) is 59.7 Å². The lowest BCUT2D eigenvalue weighted by Crippen LogP contribution is -2.30. The number of hydrogen-bond donors (Lipinski definition) is 2. The first-order chi connectivity index (χ1) is 12.0. The van der Waals surface area contributed by atoms with E-state index in [1.54, 1.807) is 31.2 Å². The van der Waals surface area contributed by atoms with E-state index in [0.29, 0.717) is 17.9 Å². The number of benzene rings is 2. The topological polar surface area (TPSA) is 84.9 Å². The quantitative estimate of drug-likeness (QED) is 0.594. The van der Waals surface area contributed by atoms with E-state index in [9.17, 15) is 14.7 Å². The summed E-state index contributed by atoms with van der Waals surface area (Å²) < 4.78 is 10.3. The number of carbonyl (C=O) groups is 2. The van der Waals surface area contributed by atoms with Gasteiger partial charge in [0, 0.05) is 19.0 Å². The van der Waals surface area contributed by atoms with Crippen LogP contribution in [0.3, 0.4) is 0 Å². The number of phenolic OH excluding ortho intramolecular Hbond substituents is 1. The van der Waals surface area contributed by atoms with Crippen molar-refractivity contribution in [3.8, 4) is 11.5 Å². The predicted octanol–water partition coefficient (Wildman–Crippen LogP) is 2.71. The van der Waals surface area contributed by atoms with E-state index in [4.69, 9.17) is 9.47 Å². The van der Waals surface area contributed by atoms with Crippen LogP contribution in [0.15, 0.2) is 48.5 Å². The lowest BCUT2D eigenvalue weighted by Gasteiger charge is -2.18. The van der Waals surface area contributed by atoms with Crippen LogP contribution >= 0.6 is 0 Å². The molecule has 0 radical (unpaired) electrons. The van der Waals surface area contributed by atoms with Crippen LogP contribution < -0.4 is 10.1 Å². The monoisotopic (exact) mass is 343 g/mol. The lowest BCUT2D eigenvalue weighted by atomic mass is 10.1. The van der Waals surface area contributed by atoms with Crippen molar-refractivity contribution in [1.29, 1.82) is 0 Å². The molecule has 0 aliphatic heterocycles. The maximum absolute atomic E-state index is 12.3. The number of rotatable bonds is 7. The highest BCUT2D eigenvalue weighted by Crippen LogP contribution is 2.22. The zero-order valence-electron chi connectivity index (χ0n) is 14.2. The normalized spacial score (nSPS) is 11.6. The highest BCUT2D eigenvalue weighted by molar-refractivity contribution is 5.77. The van der Waals surface area contributed by atoms with E-state index >= 15 is 0 Å². The Morgan fingerprint density at radius 1 is 1.12 bits per heavy atom. The molecule has 6 heteroatoms. The number of ether oxygens (including phenoxy) is 2. The van der Waals surface area contributed by atoms with Gasteiger partial charge in [0.25, 0.3) is 0 Å². The van der Waals surface area contributed by atoms with Crippen molar-refractivity contribution >= 4 is 11.9 Å². The summed E-state index contributed by atoms with van der Waals surface area (Å²) in [6.45, 7) is 3.64. The maximum Gasteiger partial charge on any atom is 0.327 e. The van der Waals surface area contributed by atoms with Crippen LogP contribution in [-0.2, 0) is 20.9 Å². The Kier molecular flexibility index (Phi) is 6.54. The van der Waals surface area contributed by atoms with Gasteiger partial charge >= 0.3 is 11.9 Å². The minimum absolute atomic E-state index is 0.117. The Morgan fingerprint density at radius 3 is 2.44 bits per heavy atom. The molecule has 0 spiro atoms. The maximum atomic E-state index is 12.3.